The number of piperidine rings is 1. The van der Waals surface area contributed by atoms with Gasteiger partial charge in [-0.25, -0.2) is 0 Å². The topological polar surface area (TPSA) is 63.5 Å². The predicted molar refractivity (Wildman–Crippen MR) is 74.3 cm³/mol. The van der Waals surface area contributed by atoms with E-state index in [0.29, 0.717) is 23.1 Å². The maximum atomic E-state index is 11.6. The van der Waals surface area contributed by atoms with Gasteiger partial charge in [0.05, 0.1) is 9.40 Å². The van der Waals surface area contributed by atoms with Crippen LogP contribution in [0.2, 0.25) is 0 Å². The third-order valence-electron chi connectivity index (χ3n) is 3.97. The zero-order valence-corrected chi connectivity index (χ0v) is 11.8. The summed E-state index contributed by atoms with van der Waals surface area (Å²) < 4.78 is 0.488. The minimum atomic E-state index is -0.384. The Kier molecular flexibility index (Phi) is 3.05. The highest BCUT2D eigenvalue weighted by molar-refractivity contribution is 9.10. The Morgan fingerprint density at radius 1 is 1.26 bits per heavy atom. The number of hydrogen-bond acceptors (Lipinski definition) is 4. The fourth-order valence-corrected chi connectivity index (χ4v) is 3.59. The van der Waals surface area contributed by atoms with Crippen LogP contribution < -0.4 is 4.90 Å². The molecular formula is C13H13BrN2O3. The Morgan fingerprint density at radius 2 is 1.89 bits per heavy atom. The molecule has 0 aliphatic carbocycles. The molecule has 2 fully saturated rings. The highest BCUT2D eigenvalue weighted by Crippen LogP contribution is 2.40. The molecule has 2 saturated heterocycles. The normalized spacial score (nSPS) is 25.7. The van der Waals surface area contributed by atoms with Gasteiger partial charge in [-0.2, -0.15) is 0 Å². The molecule has 0 spiro atoms. The first-order valence-electron chi connectivity index (χ1n) is 6.30. The monoisotopic (exact) mass is 324 g/mol. The first kappa shape index (κ1) is 12.6. The van der Waals surface area contributed by atoms with Crippen LogP contribution in [0.15, 0.2) is 22.7 Å². The van der Waals surface area contributed by atoms with E-state index >= 15 is 0 Å². The van der Waals surface area contributed by atoms with Crippen molar-refractivity contribution >= 4 is 33.1 Å². The third kappa shape index (κ3) is 2.14. The Morgan fingerprint density at radius 3 is 2.47 bits per heavy atom. The van der Waals surface area contributed by atoms with Gasteiger partial charge in [0.15, 0.2) is 0 Å². The number of carbonyl (C=O) groups is 1. The third-order valence-corrected chi connectivity index (χ3v) is 4.64. The Balaban J connectivity index is 1.97. The van der Waals surface area contributed by atoms with Crippen LogP contribution in [0.1, 0.15) is 25.7 Å². The number of carbonyl (C=O) groups excluding carboxylic acids is 1. The summed E-state index contributed by atoms with van der Waals surface area (Å²) in [4.78, 5) is 24.4. The molecule has 0 aromatic heterocycles. The van der Waals surface area contributed by atoms with Gasteiger partial charge in [-0.3, -0.25) is 14.9 Å². The summed E-state index contributed by atoms with van der Waals surface area (Å²) in [7, 11) is 0. The molecule has 19 heavy (non-hydrogen) atoms. The number of Topliss-reactive ketones (excluding diaryl/α,β-unsaturated/α-hetero) is 1. The first-order valence-corrected chi connectivity index (χ1v) is 7.09. The van der Waals surface area contributed by atoms with Crippen molar-refractivity contribution in [1.29, 1.82) is 0 Å². The van der Waals surface area contributed by atoms with E-state index in [9.17, 15) is 14.9 Å². The van der Waals surface area contributed by atoms with E-state index in [1.54, 1.807) is 12.1 Å². The number of anilines is 1. The summed E-state index contributed by atoms with van der Waals surface area (Å²) in [5.74, 6) is 0.315. The molecule has 1 aromatic carbocycles. The largest absolute Gasteiger partial charge is 0.364 e. The molecule has 2 bridgehead atoms. The molecule has 0 amide bonds. The van der Waals surface area contributed by atoms with Gasteiger partial charge in [-0.05, 0) is 40.9 Å². The second kappa shape index (κ2) is 4.59. The Hall–Kier alpha value is -1.43. The molecule has 0 N–H and O–H groups in total. The SMILES string of the molecule is O=C1CC2CCC(C1)N2c1ccc(Br)c([N+](=O)[O-])c1. The summed E-state index contributed by atoms with van der Waals surface area (Å²) in [6, 6.07) is 5.63. The van der Waals surface area contributed by atoms with Crippen molar-refractivity contribution in [1.82, 2.24) is 0 Å². The van der Waals surface area contributed by atoms with E-state index in [0.717, 1.165) is 18.5 Å². The van der Waals surface area contributed by atoms with Gasteiger partial charge in [0.2, 0.25) is 0 Å². The summed E-state index contributed by atoms with van der Waals surface area (Å²) in [5, 5.41) is 11.0. The van der Waals surface area contributed by atoms with Crippen LogP contribution in [0.4, 0.5) is 11.4 Å². The second-order valence-electron chi connectivity index (χ2n) is 5.13. The van der Waals surface area contributed by atoms with Crippen LogP contribution >= 0.6 is 15.9 Å². The minimum Gasteiger partial charge on any atom is -0.364 e. The molecule has 2 aliphatic rings. The van der Waals surface area contributed by atoms with E-state index in [-0.39, 0.29) is 22.7 Å². The molecule has 2 heterocycles. The van der Waals surface area contributed by atoms with Gasteiger partial charge in [0, 0.05) is 36.7 Å². The molecule has 5 nitrogen and oxygen atoms in total. The molecule has 2 unspecified atom stereocenters. The number of nitro groups is 1. The zero-order valence-electron chi connectivity index (χ0n) is 10.2. The summed E-state index contributed by atoms with van der Waals surface area (Å²) in [5.41, 5.74) is 0.934. The number of hydrogen-bond donors (Lipinski definition) is 0. The van der Waals surface area contributed by atoms with Crippen LogP contribution in [0.25, 0.3) is 0 Å². The zero-order chi connectivity index (χ0) is 13.6. The van der Waals surface area contributed by atoms with Crippen LogP contribution in [-0.2, 0) is 4.79 Å². The molecular weight excluding hydrogens is 312 g/mol. The summed E-state index contributed by atoms with van der Waals surface area (Å²) in [6.07, 6.45) is 3.14. The molecule has 100 valence electrons. The number of nitro benzene ring substituents is 1. The van der Waals surface area contributed by atoms with E-state index in [1.807, 2.05) is 6.07 Å². The van der Waals surface area contributed by atoms with Crippen molar-refractivity contribution in [2.45, 2.75) is 37.8 Å². The quantitative estimate of drug-likeness (QED) is 0.619. The highest BCUT2D eigenvalue weighted by atomic mass is 79.9. The van der Waals surface area contributed by atoms with Gasteiger partial charge in [0.1, 0.15) is 5.78 Å². The van der Waals surface area contributed by atoms with Gasteiger partial charge in [0.25, 0.3) is 5.69 Å². The fraction of sp³-hybridized carbons (Fsp3) is 0.462. The molecule has 6 heteroatoms. The number of benzene rings is 1. The first-order chi connectivity index (χ1) is 9.06. The number of fused-ring (bicyclic) bond motifs is 2. The summed E-state index contributed by atoms with van der Waals surface area (Å²) in [6.45, 7) is 0. The Labute approximate surface area is 118 Å². The average Bonchev–Trinajstić information content (AvgIpc) is 2.63. The lowest BCUT2D eigenvalue weighted by molar-refractivity contribution is -0.385. The number of nitrogens with zero attached hydrogens (tertiary/aromatic N) is 2. The van der Waals surface area contributed by atoms with Crippen molar-refractivity contribution in [3.63, 3.8) is 0 Å². The van der Waals surface area contributed by atoms with Crippen molar-refractivity contribution < 1.29 is 9.72 Å². The van der Waals surface area contributed by atoms with Crippen molar-refractivity contribution in [2.24, 2.45) is 0 Å². The smallest absolute Gasteiger partial charge is 0.285 e. The van der Waals surface area contributed by atoms with E-state index in [1.165, 1.54) is 0 Å². The molecule has 1 aromatic rings. The highest BCUT2D eigenvalue weighted by Gasteiger charge is 2.40. The molecule has 0 saturated carbocycles. The van der Waals surface area contributed by atoms with Crippen molar-refractivity contribution in [2.75, 3.05) is 4.90 Å². The maximum Gasteiger partial charge on any atom is 0.285 e. The lowest BCUT2D eigenvalue weighted by atomic mass is 10.0. The number of rotatable bonds is 2. The summed E-state index contributed by atoms with van der Waals surface area (Å²) >= 11 is 3.20. The number of halogens is 1. The van der Waals surface area contributed by atoms with Crippen LogP contribution in [0.3, 0.4) is 0 Å². The minimum absolute atomic E-state index is 0.0776. The van der Waals surface area contributed by atoms with Gasteiger partial charge < -0.3 is 4.90 Å². The molecule has 3 rings (SSSR count). The van der Waals surface area contributed by atoms with Gasteiger partial charge in [-0.1, -0.05) is 0 Å². The molecule has 2 atom stereocenters. The lowest BCUT2D eigenvalue weighted by Gasteiger charge is -2.36. The van der Waals surface area contributed by atoms with Crippen molar-refractivity contribution in [3.8, 4) is 0 Å². The maximum absolute atomic E-state index is 11.6. The van der Waals surface area contributed by atoms with Gasteiger partial charge >= 0.3 is 0 Å². The van der Waals surface area contributed by atoms with E-state index in [2.05, 4.69) is 20.8 Å². The van der Waals surface area contributed by atoms with Crippen LogP contribution in [-0.4, -0.2) is 22.8 Å². The van der Waals surface area contributed by atoms with Crippen LogP contribution in [0.5, 0.6) is 0 Å². The van der Waals surface area contributed by atoms with Gasteiger partial charge in [-0.15, -0.1) is 0 Å². The second-order valence-corrected chi connectivity index (χ2v) is 5.99. The van der Waals surface area contributed by atoms with E-state index in [4.69, 9.17) is 0 Å². The lowest BCUT2D eigenvalue weighted by Crippen LogP contribution is -2.43. The van der Waals surface area contributed by atoms with E-state index < -0.39 is 0 Å². The Bertz CT molecular complexity index is 545. The van der Waals surface area contributed by atoms with Crippen molar-refractivity contribution in [3.05, 3.63) is 32.8 Å². The van der Waals surface area contributed by atoms with Crippen LogP contribution in [0, 0.1) is 10.1 Å². The fourth-order valence-electron chi connectivity index (χ4n) is 3.19. The average molecular weight is 325 g/mol. The standard InChI is InChI=1S/C13H13BrN2O3/c14-12-4-3-10(7-13(12)16(18)19)15-8-1-2-9(15)6-11(17)5-8/h3-4,7-9H,1-2,5-6H2. The number of ketones is 1. The molecule has 0 radical (unpaired) electrons. The molecule has 2 aliphatic heterocycles. The predicted octanol–water partition coefficient (Wildman–Crippen LogP) is 3.06.